The number of hydrogen-bond acceptors (Lipinski definition) is 2. The molecule has 1 saturated carbocycles. The summed E-state index contributed by atoms with van der Waals surface area (Å²) in [4.78, 5) is 11.1. The molecule has 1 fully saturated rings. The molecule has 0 spiro atoms. The van der Waals surface area contributed by atoms with Crippen LogP contribution in [0.1, 0.15) is 32.6 Å². The number of hydrogen-bond donors (Lipinski definition) is 3. The molecule has 0 aromatic heterocycles. The molecule has 14 heavy (non-hydrogen) atoms. The second-order valence-corrected chi connectivity index (χ2v) is 3.90. The van der Waals surface area contributed by atoms with Gasteiger partial charge in [-0.15, -0.1) is 0 Å². The van der Waals surface area contributed by atoms with Crippen molar-refractivity contribution in [1.29, 1.82) is 0 Å². The maximum absolute atomic E-state index is 11.1. The van der Waals surface area contributed by atoms with E-state index in [4.69, 9.17) is 0 Å². The molecule has 1 unspecified atom stereocenters. The Kier molecular flexibility index (Phi) is 4.73. The number of nitrogens with one attached hydrogen (secondary N) is 2. The minimum atomic E-state index is -0.355. The average molecular weight is 200 g/mol. The van der Waals surface area contributed by atoms with Crippen molar-refractivity contribution < 1.29 is 9.90 Å². The molecule has 3 N–H and O–H groups in total. The van der Waals surface area contributed by atoms with Crippen LogP contribution in [0.2, 0.25) is 0 Å². The highest BCUT2D eigenvalue weighted by Gasteiger charge is 2.29. The number of urea groups is 1. The van der Waals surface area contributed by atoms with Gasteiger partial charge < -0.3 is 15.7 Å². The zero-order chi connectivity index (χ0) is 10.4. The standard InChI is InChI=1S/C10H20N2O2/c1-2-3-6-11-10(14)12-7-9(13)8-4-5-8/h8-9,13H,2-7H2,1H3,(H2,11,12,14). The van der Waals surface area contributed by atoms with Crippen molar-refractivity contribution in [3.63, 3.8) is 0 Å². The first kappa shape index (κ1) is 11.3. The summed E-state index contributed by atoms with van der Waals surface area (Å²) in [6, 6.07) is -0.168. The summed E-state index contributed by atoms with van der Waals surface area (Å²) in [5.74, 6) is 0.422. The van der Waals surface area contributed by atoms with Gasteiger partial charge in [0.15, 0.2) is 0 Å². The largest absolute Gasteiger partial charge is 0.391 e. The lowest BCUT2D eigenvalue weighted by Gasteiger charge is -2.11. The first-order valence-electron chi connectivity index (χ1n) is 5.43. The van der Waals surface area contributed by atoms with Gasteiger partial charge in [0.2, 0.25) is 0 Å². The zero-order valence-corrected chi connectivity index (χ0v) is 8.75. The van der Waals surface area contributed by atoms with Gasteiger partial charge >= 0.3 is 6.03 Å². The highest BCUT2D eigenvalue weighted by atomic mass is 16.3. The predicted molar refractivity (Wildman–Crippen MR) is 55.0 cm³/mol. The number of rotatable bonds is 6. The molecule has 0 radical (unpaired) electrons. The Morgan fingerprint density at radius 2 is 2.21 bits per heavy atom. The molecule has 1 aliphatic rings. The minimum Gasteiger partial charge on any atom is -0.391 e. The van der Waals surface area contributed by atoms with E-state index in [-0.39, 0.29) is 12.1 Å². The summed E-state index contributed by atoms with van der Waals surface area (Å²) < 4.78 is 0. The maximum Gasteiger partial charge on any atom is 0.314 e. The molecule has 0 aliphatic heterocycles. The number of amides is 2. The Labute approximate surface area is 85.1 Å². The molecular formula is C10H20N2O2. The van der Waals surface area contributed by atoms with E-state index in [0.29, 0.717) is 19.0 Å². The van der Waals surface area contributed by atoms with Gasteiger partial charge in [-0.3, -0.25) is 0 Å². The fourth-order valence-electron chi connectivity index (χ4n) is 1.29. The second kappa shape index (κ2) is 5.86. The molecule has 1 aliphatic carbocycles. The molecule has 4 nitrogen and oxygen atoms in total. The SMILES string of the molecule is CCCCNC(=O)NCC(O)C1CC1. The Bertz CT molecular complexity index is 181. The van der Waals surface area contributed by atoms with Crippen molar-refractivity contribution >= 4 is 6.03 Å². The van der Waals surface area contributed by atoms with Crippen LogP contribution in [0.25, 0.3) is 0 Å². The van der Waals surface area contributed by atoms with E-state index >= 15 is 0 Å². The highest BCUT2D eigenvalue weighted by molar-refractivity contribution is 5.73. The lowest BCUT2D eigenvalue weighted by molar-refractivity contribution is 0.149. The van der Waals surface area contributed by atoms with Crippen molar-refractivity contribution in [2.45, 2.75) is 38.7 Å². The van der Waals surface area contributed by atoms with Crippen LogP contribution >= 0.6 is 0 Å². The first-order chi connectivity index (χ1) is 6.74. The Balaban J connectivity index is 1.96. The van der Waals surface area contributed by atoms with Gasteiger partial charge in [0.1, 0.15) is 0 Å². The van der Waals surface area contributed by atoms with Gasteiger partial charge in [-0.25, -0.2) is 4.79 Å². The van der Waals surface area contributed by atoms with Crippen LogP contribution in [0, 0.1) is 5.92 Å². The number of carbonyl (C=O) groups excluding carboxylic acids is 1. The third-order valence-corrected chi connectivity index (χ3v) is 2.45. The van der Waals surface area contributed by atoms with Crippen LogP contribution in [0.4, 0.5) is 4.79 Å². The molecule has 2 amide bonds. The first-order valence-corrected chi connectivity index (χ1v) is 5.43. The molecular weight excluding hydrogens is 180 g/mol. The molecule has 0 aromatic carbocycles. The predicted octanol–water partition coefficient (Wildman–Crippen LogP) is 0.857. The Morgan fingerprint density at radius 3 is 2.79 bits per heavy atom. The van der Waals surface area contributed by atoms with Crippen LogP contribution < -0.4 is 10.6 Å². The van der Waals surface area contributed by atoms with Gasteiger partial charge in [-0.2, -0.15) is 0 Å². The molecule has 1 rings (SSSR count). The molecule has 0 saturated heterocycles. The van der Waals surface area contributed by atoms with Crippen LogP contribution in [-0.2, 0) is 0 Å². The van der Waals surface area contributed by atoms with E-state index < -0.39 is 0 Å². The third-order valence-electron chi connectivity index (χ3n) is 2.45. The summed E-state index contributed by atoms with van der Waals surface area (Å²) in [5, 5.41) is 14.9. The molecule has 1 atom stereocenters. The van der Waals surface area contributed by atoms with E-state index in [9.17, 15) is 9.90 Å². The number of aliphatic hydroxyl groups excluding tert-OH is 1. The van der Waals surface area contributed by atoms with Crippen molar-refractivity contribution in [3.05, 3.63) is 0 Å². The van der Waals surface area contributed by atoms with E-state index in [1.165, 1.54) is 0 Å². The molecule has 4 heteroatoms. The second-order valence-electron chi connectivity index (χ2n) is 3.90. The number of aliphatic hydroxyl groups is 1. The van der Waals surface area contributed by atoms with E-state index in [1.54, 1.807) is 0 Å². The average Bonchev–Trinajstić information content (AvgIpc) is 2.98. The minimum absolute atomic E-state index is 0.168. The number of unbranched alkanes of at least 4 members (excludes halogenated alkanes) is 1. The highest BCUT2D eigenvalue weighted by Crippen LogP contribution is 2.32. The molecule has 0 bridgehead atoms. The van der Waals surface area contributed by atoms with Crippen LogP contribution in [0.15, 0.2) is 0 Å². The van der Waals surface area contributed by atoms with E-state index in [1.807, 2.05) is 0 Å². The van der Waals surface area contributed by atoms with E-state index in [2.05, 4.69) is 17.6 Å². The lowest BCUT2D eigenvalue weighted by Crippen LogP contribution is -2.40. The summed E-state index contributed by atoms with van der Waals surface area (Å²) in [7, 11) is 0. The summed E-state index contributed by atoms with van der Waals surface area (Å²) >= 11 is 0. The van der Waals surface area contributed by atoms with Gasteiger partial charge in [0, 0.05) is 13.1 Å². The normalized spacial score (nSPS) is 17.6. The fraction of sp³-hybridized carbons (Fsp3) is 0.900. The van der Waals surface area contributed by atoms with Gasteiger partial charge in [-0.05, 0) is 25.2 Å². The monoisotopic (exact) mass is 200 g/mol. The van der Waals surface area contributed by atoms with Crippen molar-refractivity contribution in [2.75, 3.05) is 13.1 Å². The Morgan fingerprint density at radius 1 is 1.50 bits per heavy atom. The van der Waals surface area contributed by atoms with Crippen molar-refractivity contribution in [1.82, 2.24) is 10.6 Å². The molecule has 82 valence electrons. The fourth-order valence-corrected chi connectivity index (χ4v) is 1.29. The smallest absolute Gasteiger partial charge is 0.314 e. The van der Waals surface area contributed by atoms with Crippen molar-refractivity contribution in [3.8, 4) is 0 Å². The molecule has 0 heterocycles. The summed E-state index contributed by atoms with van der Waals surface area (Å²) in [6.45, 7) is 3.17. The topological polar surface area (TPSA) is 61.4 Å². The van der Waals surface area contributed by atoms with Crippen molar-refractivity contribution in [2.24, 2.45) is 5.92 Å². The van der Waals surface area contributed by atoms with Crippen LogP contribution in [0.3, 0.4) is 0 Å². The summed E-state index contributed by atoms with van der Waals surface area (Å²) in [5.41, 5.74) is 0. The maximum atomic E-state index is 11.1. The van der Waals surface area contributed by atoms with Crippen LogP contribution in [-0.4, -0.2) is 30.3 Å². The van der Waals surface area contributed by atoms with Gasteiger partial charge in [0.05, 0.1) is 6.10 Å². The lowest BCUT2D eigenvalue weighted by atomic mass is 10.2. The van der Waals surface area contributed by atoms with Gasteiger partial charge in [0.25, 0.3) is 0 Å². The third kappa shape index (κ3) is 4.46. The quantitative estimate of drug-likeness (QED) is 0.557. The van der Waals surface area contributed by atoms with Crippen LogP contribution in [0.5, 0.6) is 0 Å². The zero-order valence-electron chi connectivity index (χ0n) is 8.75. The molecule has 0 aromatic rings. The van der Waals surface area contributed by atoms with E-state index in [0.717, 1.165) is 25.7 Å². The summed E-state index contributed by atoms with van der Waals surface area (Å²) in [6.07, 6.45) is 3.91. The van der Waals surface area contributed by atoms with Gasteiger partial charge in [-0.1, -0.05) is 13.3 Å². The number of carbonyl (C=O) groups is 1. The Hall–Kier alpha value is -0.770.